The van der Waals surface area contributed by atoms with Crippen LogP contribution in [0.4, 0.5) is 0 Å². The number of para-hydroxylation sites is 1. The van der Waals surface area contributed by atoms with Gasteiger partial charge in [-0.1, -0.05) is 66.7 Å². The van der Waals surface area contributed by atoms with E-state index in [1.165, 1.54) is 10.6 Å². The molecule has 0 N–H and O–H groups in total. The van der Waals surface area contributed by atoms with Gasteiger partial charge in [0.2, 0.25) is 5.88 Å². The fourth-order valence-corrected chi connectivity index (χ4v) is 3.07. The first-order valence-electron chi connectivity index (χ1n) is 9.16. The van der Waals surface area contributed by atoms with Crippen LogP contribution >= 0.6 is 0 Å². The van der Waals surface area contributed by atoms with Crippen molar-refractivity contribution in [3.05, 3.63) is 112 Å². The van der Waals surface area contributed by atoms with Gasteiger partial charge in [-0.05, 0) is 30.7 Å². The fourth-order valence-electron chi connectivity index (χ4n) is 3.07. The molecule has 5 heteroatoms. The maximum absolute atomic E-state index is 13.0. The molecule has 0 bridgehead atoms. The molecule has 0 aliphatic rings. The van der Waals surface area contributed by atoms with Crippen molar-refractivity contribution in [1.82, 2.24) is 9.55 Å². The smallest absolute Gasteiger partial charge is 0.345 e. The number of aromatic nitrogens is 2. The van der Waals surface area contributed by atoms with Gasteiger partial charge < -0.3 is 4.74 Å². The number of esters is 1. The summed E-state index contributed by atoms with van der Waals surface area (Å²) >= 11 is 0. The van der Waals surface area contributed by atoms with E-state index in [0.29, 0.717) is 17.1 Å². The highest BCUT2D eigenvalue weighted by Crippen LogP contribution is 2.22. The average Bonchev–Trinajstić information content (AvgIpc) is 2.75. The van der Waals surface area contributed by atoms with Gasteiger partial charge in [0.1, 0.15) is 0 Å². The molecule has 29 heavy (non-hydrogen) atoms. The Balaban J connectivity index is 1.82. The highest BCUT2D eigenvalue weighted by molar-refractivity contribution is 5.92. The average molecular weight is 382 g/mol. The van der Waals surface area contributed by atoms with Crippen molar-refractivity contribution in [3.8, 4) is 23.0 Å². The van der Waals surface area contributed by atoms with Crippen LogP contribution in [0.25, 0.3) is 17.1 Å². The second-order valence-corrected chi connectivity index (χ2v) is 6.50. The molecule has 3 aromatic carbocycles. The normalized spacial score (nSPS) is 10.5. The van der Waals surface area contributed by atoms with Crippen molar-refractivity contribution in [2.45, 2.75) is 6.92 Å². The quantitative estimate of drug-likeness (QED) is 0.490. The topological polar surface area (TPSA) is 61.2 Å². The van der Waals surface area contributed by atoms with E-state index in [4.69, 9.17) is 4.74 Å². The van der Waals surface area contributed by atoms with Gasteiger partial charge in [0.05, 0.1) is 17.3 Å². The molecular formula is C24H18N2O3. The van der Waals surface area contributed by atoms with Crippen LogP contribution < -0.4 is 10.3 Å². The maximum Gasteiger partial charge on any atom is 0.345 e. The number of carbonyl (C=O) groups is 1. The van der Waals surface area contributed by atoms with E-state index < -0.39 is 5.97 Å². The summed E-state index contributed by atoms with van der Waals surface area (Å²) < 4.78 is 6.95. The highest BCUT2D eigenvalue weighted by atomic mass is 16.5. The van der Waals surface area contributed by atoms with Crippen LogP contribution in [0.1, 0.15) is 15.9 Å². The molecule has 1 heterocycles. The zero-order chi connectivity index (χ0) is 20.2. The van der Waals surface area contributed by atoms with Gasteiger partial charge >= 0.3 is 5.97 Å². The molecule has 5 nitrogen and oxygen atoms in total. The molecule has 0 aliphatic carbocycles. The first kappa shape index (κ1) is 18.4. The Hall–Kier alpha value is -3.99. The Morgan fingerprint density at radius 1 is 0.862 bits per heavy atom. The highest BCUT2D eigenvalue weighted by Gasteiger charge is 2.17. The lowest BCUT2D eigenvalue weighted by molar-refractivity contribution is 0.0726. The number of hydrogen-bond acceptors (Lipinski definition) is 4. The van der Waals surface area contributed by atoms with Gasteiger partial charge in [-0.2, -0.15) is 4.98 Å². The van der Waals surface area contributed by atoms with E-state index in [-0.39, 0.29) is 11.4 Å². The standard InChI is InChI=1S/C24H18N2O3/c1-17-10-8-9-15-20(17)24(28)29-21-16-22(27)26(19-13-6-3-7-14-19)23(25-21)18-11-4-2-5-12-18/h2-16H,1H3. The predicted molar refractivity (Wildman–Crippen MR) is 111 cm³/mol. The number of carbonyl (C=O) groups excluding carboxylic acids is 1. The Labute approximate surface area is 167 Å². The Kier molecular flexibility index (Phi) is 5.03. The van der Waals surface area contributed by atoms with E-state index in [2.05, 4.69) is 4.98 Å². The molecule has 142 valence electrons. The number of benzene rings is 3. The van der Waals surface area contributed by atoms with Crippen molar-refractivity contribution >= 4 is 5.97 Å². The SMILES string of the molecule is Cc1ccccc1C(=O)Oc1cc(=O)n(-c2ccccc2)c(-c2ccccc2)n1. The van der Waals surface area contributed by atoms with Gasteiger partial charge in [-0.25, -0.2) is 4.79 Å². The summed E-state index contributed by atoms with van der Waals surface area (Å²) in [5.41, 5.74) is 2.31. The molecule has 0 radical (unpaired) electrons. The van der Waals surface area contributed by atoms with Gasteiger partial charge in [0.25, 0.3) is 5.56 Å². The third-order valence-corrected chi connectivity index (χ3v) is 4.50. The van der Waals surface area contributed by atoms with Gasteiger partial charge in [0, 0.05) is 5.56 Å². The van der Waals surface area contributed by atoms with Crippen molar-refractivity contribution < 1.29 is 9.53 Å². The van der Waals surface area contributed by atoms with E-state index in [1.54, 1.807) is 12.1 Å². The first-order chi connectivity index (χ1) is 14.1. The van der Waals surface area contributed by atoms with Crippen molar-refractivity contribution in [2.75, 3.05) is 0 Å². The minimum atomic E-state index is -0.550. The van der Waals surface area contributed by atoms with E-state index in [9.17, 15) is 9.59 Å². The van der Waals surface area contributed by atoms with Gasteiger partial charge in [-0.3, -0.25) is 9.36 Å². The zero-order valence-corrected chi connectivity index (χ0v) is 15.8. The predicted octanol–water partition coefficient (Wildman–Crippen LogP) is 4.43. The molecule has 0 unspecified atom stereocenters. The summed E-state index contributed by atoms with van der Waals surface area (Å²) in [6, 6.07) is 26.9. The summed E-state index contributed by atoms with van der Waals surface area (Å²) in [5.74, 6) is -0.183. The van der Waals surface area contributed by atoms with E-state index in [0.717, 1.165) is 11.1 Å². The summed E-state index contributed by atoms with van der Waals surface area (Å²) in [6.45, 7) is 1.83. The van der Waals surface area contributed by atoms with Crippen LogP contribution in [-0.4, -0.2) is 15.5 Å². The van der Waals surface area contributed by atoms with Crippen molar-refractivity contribution in [1.29, 1.82) is 0 Å². The summed E-state index contributed by atoms with van der Waals surface area (Å²) in [5, 5.41) is 0. The third-order valence-electron chi connectivity index (χ3n) is 4.50. The largest absolute Gasteiger partial charge is 0.404 e. The molecule has 4 aromatic rings. The second kappa shape index (κ2) is 7.94. The number of aryl methyl sites for hydroxylation is 1. The van der Waals surface area contributed by atoms with Gasteiger partial charge in [0.15, 0.2) is 5.82 Å². The number of ether oxygens (including phenoxy) is 1. The van der Waals surface area contributed by atoms with Crippen LogP contribution in [0.2, 0.25) is 0 Å². The lowest BCUT2D eigenvalue weighted by atomic mass is 10.1. The molecule has 0 atom stereocenters. The van der Waals surface area contributed by atoms with Gasteiger partial charge in [-0.15, -0.1) is 0 Å². The molecule has 0 fully saturated rings. The minimum absolute atomic E-state index is 0.0331. The lowest BCUT2D eigenvalue weighted by Crippen LogP contribution is -2.22. The molecule has 0 spiro atoms. The molecule has 0 amide bonds. The van der Waals surface area contributed by atoms with Crippen molar-refractivity contribution in [3.63, 3.8) is 0 Å². The monoisotopic (exact) mass is 382 g/mol. The maximum atomic E-state index is 13.0. The Morgan fingerprint density at radius 3 is 2.17 bits per heavy atom. The molecule has 0 aliphatic heterocycles. The second-order valence-electron chi connectivity index (χ2n) is 6.50. The fraction of sp³-hybridized carbons (Fsp3) is 0.0417. The zero-order valence-electron chi connectivity index (χ0n) is 15.8. The van der Waals surface area contributed by atoms with Crippen LogP contribution in [0, 0.1) is 6.92 Å². The Morgan fingerprint density at radius 2 is 1.48 bits per heavy atom. The molecule has 0 saturated heterocycles. The van der Waals surface area contributed by atoms with Crippen LogP contribution in [0.5, 0.6) is 5.88 Å². The summed E-state index contributed by atoms with van der Waals surface area (Å²) in [6.07, 6.45) is 0. The van der Waals surface area contributed by atoms with E-state index >= 15 is 0 Å². The Bertz CT molecular complexity index is 1220. The van der Waals surface area contributed by atoms with Crippen LogP contribution in [0.15, 0.2) is 95.8 Å². The minimum Gasteiger partial charge on any atom is -0.404 e. The summed E-state index contributed by atoms with van der Waals surface area (Å²) in [7, 11) is 0. The molecular weight excluding hydrogens is 364 g/mol. The summed E-state index contributed by atoms with van der Waals surface area (Å²) in [4.78, 5) is 30.0. The van der Waals surface area contributed by atoms with Crippen LogP contribution in [0.3, 0.4) is 0 Å². The molecule has 1 aromatic heterocycles. The number of hydrogen-bond donors (Lipinski definition) is 0. The van der Waals surface area contributed by atoms with Crippen molar-refractivity contribution in [2.24, 2.45) is 0 Å². The number of nitrogens with zero attached hydrogens (tertiary/aromatic N) is 2. The molecule has 4 rings (SSSR count). The first-order valence-corrected chi connectivity index (χ1v) is 9.16. The third kappa shape index (κ3) is 3.84. The lowest BCUT2D eigenvalue weighted by Gasteiger charge is -2.14. The molecule has 0 saturated carbocycles. The van der Waals surface area contributed by atoms with Crippen LogP contribution in [-0.2, 0) is 0 Å². The van der Waals surface area contributed by atoms with E-state index in [1.807, 2.05) is 79.7 Å². The number of rotatable bonds is 4.